The molecule has 0 heterocycles. The summed E-state index contributed by atoms with van der Waals surface area (Å²) in [6, 6.07) is 0. The first-order valence-corrected chi connectivity index (χ1v) is 3.63. The summed E-state index contributed by atoms with van der Waals surface area (Å²) in [5, 5.41) is 35.6. The van der Waals surface area contributed by atoms with Crippen molar-refractivity contribution in [1.29, 1.82) is 0 Å². The molecule has 8 nitrogen and oxygen atoms in total. The zero-order chi connectivity index (χ0) is 14.3. The fourth-order valence-corrected chi connectivity index (χ4v) is 0. The van der Waals surface area contributed by atoms with Crippen LogP contribution in [0.25, 0.3) is 0 Å². The van der Waals surface area contributed by atoms with Crippen LogP contribution in [0.4, 0.5) is 0 Å². The van der Waals surface area contributed by atoms with Crippen LogP contribution in [0.5, 0.6) is 0 Å². The van der Waals surface area contributed by atoms with Crippen molar-refractivity contribution in [3.05, 3.63) is 0 Å². The Labute approximate surface area is 113 Å². The summed E-state index contributed by atoms with van der Waals surface area (Å²) in [6.07, 6.45) is 0. The first-order valence-electron chi connectivity index (χ1n) is 3.63. The van der Waals surface area contributed by atoms with Crippen LogP contribution in [0, 0.1) is 0 Å². The van der Waals surface area contributed by atoms with Crippen LogP contribution in [0.3, 0.4) is 0 Å². The maximum Gasteiger partial charge on any atom is 4.00 e. The fourth-order valence-electron chi connectivity index (χ4n) is 0. The van der Waals surface area contributed by atoms with Gasteiger partial charge in [0.2, 0.25) is 0 Å². The molecule has 0 aromatic heterocycles. The minimum atomic E-state index is -1.08. The molecule has 0 aromatic rings. The van der Waals surface area contributed by atoms with E-state index in [-0.39, 0.29) is 21.1 Å². The van der Waals surface area contributed by atoms with Gasteiger partial charge in [0.15, 0.2) is 0 Å². The Bertz CT molecular complexity index is 162. The summed E-state index contributed by atoms with van der Waals surface area (Å²) in [4.78, 5) is 35.6. The molecule has 0 bridgehead atoms. The molecule has 0 N–H and O–H groups in total. The molecular weight excluding hydrogens is 320 g/mol. The van der Waals surface area contributed by atoms with E-state index in [2.05, 4.69) is 0 Å². The van der Waals surface area contributed by atoms with Gasteiger partial charge in [0.05, 0.1) is 0 Å². The van der Waals surface area contributed by atoms with Crippen molar-refractivity contribution in [2.75, 3.05) is 0 Å². The molecular formula is C8H12MoO8. The Balaban J connectivity index is -0.0000000369. The summed E-state index contributed by atoms with van der Waals surface area (Å²) in [7, 11) is 0. The Hall–Kier alpha value is -1.43. The number of carbonyl (C=O) groups excluding carboxylic acids is 4. The van der Waals surface area contributed by atoms with Crippen molar-refractivity contribution < 1.29 is 60.7 Å². The largest absolute Gasteiger partial charge is 4.00 e. The summed E-state index contributed by atoms with van der Waals surface area (Å²) in [5.41, 5.74) is 0. The number of rotatable bonds is 0. The number of hydrogen-bond acceptors (Lipinski definition) is 8. The molecule has 0 radical (unpaired) electrons. The molecule has 0 saturated carbocycles. The van der Waals surface area contributed by atoms with Crippen molar-refractivity contribution >= 4 is 23.9 Å². The van der Waals surface area contributed by atoms with Crippen LogP contribution in [0.15, 0.2) is 0 Å². The maximum atomic E-state index is 8.89. The first-order chi connectivity index (χ1) is 6.93. The minimum Gasteiger partial charge on any atom is -0.550 e. The Morgan fingerprint density at radius 2 is 0.529 bits per heavy atom. The second-order valence-electron chi connectivity index (χ2n) is 1.97. The molecule has 17 heavy (non-hydrogen) atoms. The number of carbonyl (C=O) groups is 4. The van der Waals surface area contributed by atoms with E-state index in [1.165, 1.54) is 0 Å². The van der Waals surface area contributed by atoms with Crippen molar-refractivity contribution in [1.82, 2.24) is 0 Å². The molecule has 0 aliphatic rings. The van der Waals surface area contributed by atoms with Gasteiger partial charge in [-0.15, -0.1) is 0 Å². The monoisotopic (exact) mass is 334 g/mol. The van der Waals surface area contributed by atoms with E-state index in [0.717, 1.165) is 27.7 Å². The topological polar surface area (TPSA) is 161 Å². The Morgan fingerprint density at radius 3 is 0.529 bits per heavy atom. The van der Waals surface area contributed by atoms with Gasteiger partial charge in [-0.3, -0.25) is 0 Å². The van der Waals surface area contributed by atoms with Crippen LogP contribution in [-0.2, 0) is 40.2 Å². The average Bonchev–Trinajstić information content (AvgIpc) is 1.76. The van der Waals surface area contributed by atoms with E-state index in [0.29, 0.717) is 0 Å². The number of carboxylic acid groups (broad SMARTS) is 4. The normalized spacial score (nSPS) is 5.88. The molecule has 0 saturated heterocycles. The number of aliphatic carboxylic acids is 4. The molecule has 0 aliphatic carbocycles. The molecule has 0 aromatic carbocycles. The quantitative estimate of drug-likeness (QED) is 0.398. The van der Waals surface area contributed by atoms with Crippen LogP contribution in [0.2, 0.25) is 0 Å². The van der Waals surface area contributed by atoms with Crippen molar-refractivity contribution in [3.8, 4) is 0 Å². The first kappa shape index (κ1) is 29.6. The van der Waals surface area contributed by atoms with Gasteiger partial charge in [-0.2, -0.15) is 0 Å². The van der Waals surface area contributed by atoms with Crippen LogP contribution < -0.4 is 20.4 Å². The summed E-state index contributed by atoms with van der Waals surface area (Å²) < 4.78 is 0. The summed E-state index contributed by atoms with van der Waals surface area (Å²) in [5.74, 6) is -4.33. The molecule has 98 valence electrons. The predicted octanol–water partition coefficient (Wildman–Crippen LogP) is -4.98. The third-order valence-corrected chi connectivity index (χ3v) is 0. The molecule has 0 rings (SSSR count). The van der Waals surface area contributed by atoms with Gasteiger partial charge >= 0.3 is 21.1 Å². The van der Waals surface area contributed by atoms with Crippen molar-refractivity contribution in [2.24, 2.45) is 0 Å². The molecule has 0 fully saturated rings. The van der Waals surface area contributed by atoms with Crippen molar-refractivity contribution in [3.63, 3.8) is 0 Å². The molecule has 9 heteroatoms. The number of hydrogen-bond donors (Lipinski definition) is 0. The maximum absolute atomic E-state index is 8.89. The minimum absolute atomic E-state index is 0. The van der Waals surface area contributed by atoms with E-state index in [1.807, 2.05) is 0 Å². The zero-order valence-corrected chi connectivity index (χ0v) is 11.7. The second-order valence-corrected chi connectivity index (χ2v) is 1.97. The Morgan fingerprint density at radius 1 is 0.529 bits per heavy atom. The third-order valence-electron chi connectivity index (χ3n) is 0. The second kappa shape index (κ2) is 24.0. The predicted molar refractivity (Wildman–Crippen MR) is 42.7 cm³/mol. The fraction of sp³-hybridized carbons (Fsp3) is 0.500. The molecule has 0 spiro atoms. The van der Waals surface area contributed by atoms with Gasteiger partial charge in [-0.25, -0.2) is 0 Å². The standard InChI is InChI=1S/4C2H4O2.Mo/c4*1-2(3)4;/h4*1H3,(H,3,4);/q;;;;+4/p-4. The average molecular weight is 332 g/mol. The third kappa shape index (κ3) is 1120. The number of carboxylic acids is 4. The van der Waals surface area contributed by atoms with Gasteiger partial charge in [0, 0.05) is 23.9 Å². The van der Waals surface area contributed by atoms with Gasteiger partial charge in [-0.1, -0.05) is 0 Å². The van der Waals surface area contributed by atoms with E-state index >= 15 is 0 Å². The summed E-state index contributed by atoms with van der Waals surface area (Å²) >= 11 is 0. The van der Waals surface area contributed by atoms with Gasteiger partial charge < -0.3 is 39.6 Å². The van der Waals surface area contributed by atoms with E-state index in [1.54, 1.807) is 0 Å². The SMILES string of the molecule is CC(=O)[O-].CC(=O)[O-].CC(=O)[O-].CC(=O)[O-].[Mo+4]. The van der Waals surface area contributed by atoms with Gasteiger partial charge in [0.1, 0.15) is 0 Å². The van der Waals surface area contributed by atoms with E-state index in [4.69, 9.17) is 39.6 Å². The van der Waals surface area contributed by atoms with Gasteiger partial charge in [0.25, 0.3) is 0 Å². The Kier molecular flexibility index (Phi) is 41.8. The van der Waals surface area contributed by atoms with Crippen LogP contribution in [-0.4, -0.2) is 23.9 Å². The molecule has 0 amide bonds. The van der Waals surface area contributed by atoms with Crippen molar-refractivity contribution in [2.45, 2.75) is 27.7 Å². The van der Waals surface area contributed by atoms with Crippen LogP contribution in [0.1, 0.15) is 27.7 Å². The molecule has 0 aliphatic heterocycles. The summed E-state index contributed by atoms with van der Waals surface area (Å²) in [6.45, 7) is 3.89. The smallest absolute Gasteiger partial charge is 0.550 e. The van der Waals surface area contributed by atoms with E-state index in [9.17, 15) is 0 Å². The molecule has 0 atom stereocenters. The zero-order valence-electron chi connectivity index (χ0n) is 9.67. The molecule has 0 unspecified atom stereocenters. The van der Waals surface area contributed by atoms with Crippen LogP contribution >= 0.6 is 0 Å². The van der Waals surface area contributed by atoms with Gasteiger partial charge in [-0.05, 0) is 27.7 Å². The van der Waals surface area contributed by atoms with E-state index < -0.39 is 23.9 Å².